The lowest BCUT2D eigenvalue weighted by atomic mass is 10.2. The van der Waals surface area contributed by atoms with Crippen LogP contribution >= 0.6 is 0 Å². The van der Waals surface area contributed by atoms with E-state index in [0.29, 0.717) is 24.8 Å². The summed E-state index contributed by atoms with van der Waals surface area (Å²) in [5.74, 6) is 0.0549. The number of methoxy groups -OCH3 is 1. The summed E-state index contributed by atoms with van der Waals surface area (Å²) in [4.78, 5) is 11.8. The Morgan fingerprint density at radius 1 is 1.50 bits per heavy atom. The van der Waals surface area contributed by atoms with Crippen molar-refractivity contribution in [2.24, 2.45) is 0 Å². The summed E-state index contributed by atoms with van der Waals surface area (Å²) in [6.45, 7) is 3.56. The predicted molar refractivity (Wildman–Crippen MR) is 64.4 cm³/mol. The zero-order valence-corrected chi connectivity index (χ0v) is 10.9. The van der Waals surface area contributed by atoms with Gasteiger partial charge in [0.2, 0.25) is 0 Å². The van der Waals surface area contributed by atoms with Gasteiger partial charge in [-0.15, -0.1) is 5.10 Å². The van der Waals surface area contributed by atoms with Crippen molar-refractivity contribution in [3.8, 4) is 0 Å². The molecule has 1 fully saturated rings. The Kier molecular flexibility index (Phi) is 4.30. The van der Waals surface area contributed by atoms with E-state index < -0.39 is 0 Å². The summed E-state index contributed by atoms with van der Waals surface area (Å²) in [6, 6.07) is 0. The monoisotopic (exact) mass is 253 g/mol. The molecule has 1 aromatic heterocycles. The summed E-state index contributed by atoms with van der Waals surface area (Å²) in [5.41, 5.74) is 1.32. The van der Waals surface area contributed by atoms with Gasteiger partial charge in [-0.05, 0) is 26.2 Å². The Bertz CT molecular complexity index is 413. The van der Waals surface area contributed by atoms with Gasteiger partial charge in [-0.25, -0.2) is 9.48 Å². The second-order valence-electron chi connectivity index (χ2n) is 4.39. The Morgan fingerprint density at radius 3 is 2.89 bits per heavy atom. The van der Waals surface area contributed by atoms with Gasteiger partial charge in [-0.1, -0.05) is 5.21 Å². The van der Waals surface area contributed by atoms with Gasteiger partial charge < -0.3 is 9.47 Å². The molecular weight excluding hydrogens is 234 g/mol. The van der Waals surface area contributed by atoms with Crippen LogP contribution in [-0.2, 0) is 16.0 Å². The zero-order valence-electron chi connectivity index (χ0n) is 10.9. The first-order valence-electron chi connectivity index (χ1n) is 6.37. The molecule has 6 heteroatoms. The van der Waals surface area contributed by atoms with Crippen LogP contribution < -0.4 is 0 Å². The van der Waals surface area contributed by atoms with Crippen molar-refractivity contribution >= 4 is 5.97 Å². The maximum Gasteiger partial charge on any atom is 0.360 e. The Labute approximate surface area is 106 Å². The third kappa shape index (κ3) is 2.87. The van der Waals surface area contributed by atoms with Crippen LogP contribution in [-0.4, -0.2) is 41.3 Å². The van der Waals surface area contributed by atoms with Gasteiger partial charge in [-0.3, -0.25) is 0 Å². The van der Waals surface area contributed by atoms with E-state index in [2.05, 4.69) is 10.3 Å². The van der Waals surface area contributed by atoms with Crippen LogP contribution in [0.25, 0.3) is 0 Å². The van der Waals surface area contributed by atoms with Gasteiger partial charge in [0, 0.05) is 26.2 Å². The van der Waals surface area contributed by atoms with Crippen LogP contribution in [0, 0.1) is 0 Å². The zero-order chi connectivity index (χ0) is 13.0. The molecule has 0 spiro atoms. The summed E-state index contributed by atoms with van der Waals surface area (Å²) in [7, 11) is 1.67. The van der Waals surface area contributed by atoms with Crippen molar-refractivity contribution in [3.05, 3.63) is 11.4 Å². The number of hydrogen-bond acceptors (Lipinski definition) is 5. The molecule has 0 aromatic carbocycles. The summed E-state index contributed by atoms with van der Waals surface area (Å²) < 4.78 is 11.8. The molecule has 100 valence electrons. The Balaban J connectivity index is 2.12. The number of hydrogen-bond donors (Lipinski definition) is 0. The third-order valence-electron chi connectivity index (χ3n) is 2.92. The van der Waals surface area contributed by atoms with E-state index in [4.69, 9.17) is 9.47 Å². The lowest BCUT2D eigenvalue weighted by Gasteiger charge is -2.06. The molecule has 0 bridgehead atoms. The number of ether oxygens (including phenoxy) is 2. The molecule has 0 radical (unpaired) electrons. The van der Waals surface area contributed by atoms with E-state index in [1.165, 1.54) is 0 Å². The largest absolute Gasteiger partial charge is 0.461 e. The Hall–Kier alpha value is -1.43. The highest BCUT2D eigenvalue weighted by atomic mass is 16.5. The minimum atomic E-state index is -0.364. The third-order valence-corrected chi connectivity index (χ3v) is 2.92. The van der Waals surface area contributed by atoms with E-state index in [1.807, 2.05) is 4.68 Å². The summed E-state index contributed by atoms with van der Waals surface area (Å²) in [6.07, 6.45) is 3.07. The number of aryl methyl sites for hydroxylation is 1. The van der Waals surface area contributed by atoms with Crippen molar-refractivity contribution in [2.75, 3.05) is 20.3 Å². The summed E-state index contributed by atoms with van der Waals surface area (Å²) >= 11 is 0. The topological polar surface area (TPSA) is 66.2 Å². The number of carbonyl (C=O) groups excluding carboxylic acids is 1. The highest BCUT2D eigenvalue weighted by Crippen LogP contribution is 2.41. The average molecular weight is 253 g/mol. The fourth-order valence-electron chi connectivity index (χ4n) is 1.95. The van der Waals surface area contributed by atoms with E-state index >= 15 is 0 Å². The van der Waals surface area contributed by atoms with Gasteiger partial charge in [0.25, 0.3) is 0 Å². The van der Waals surface area contributed by atoms with E-state index in [0.717, 1.165) is 31.5 Å². The lowest BCUT2D eigenvalue weighted by molar-refractivity contribution is 0.0518. The van der Waals surface area contributed by atoms with Gasteiger partial charge in [0.1, 0.15) is 0 Å². The number of nitrogens with zero attached hydrogens (tertiary/aromatic N) is 3. The SMILES string of the molecule is CCOC(=O)c1nnn(CCCOC)c1C1CC1. The minimum absolute atomic E-state index is 0.361. The summed E-state index contributed by atoms with van der Waals surface area (Å²) in [5, 5.41) is 8.04. The molecule has 0 unspecified atom stereocenters. The van der Waals surface area contributed by atoms with Crippen molar-refractivity contribution in [2.45, 2.75) is 38.6 Å². The first-order valence-corrected chi connectivity index (χ1v) is 6.37. The van der Waals surface area contributed by atoms with Gasteiger partial charge in [0.15, 0.2) is 5.69 Å². The van der Waals surface area contributed by atoms with E-state index in [9.17, 15) is 4.79 Å². The van der Waals surface area contributed by atoms with Gasteiger partial charge >= 0.3 is 5.97 Å². The van der Waals surface area contributed by atoms with E-state index in [-0.39, 0.29) is 5.97 Å². The maximum absolute atomic E-state index is 11.8. The van der Waals surface area contributed by atoms with Gasteiger partial charge in [0.05, 0.1) is 12.3 Å². The van der Waals surface area contributed by atoms with Crippen molar-refractivity contribution in [1.82, 2.24) is 15.0 Å². The molecule has 0 N–H and O–H groups in total. The normalized spacial score (nSPS) is 14.8. The number of carbonyl (C=O) groups is 1. The fraction of sp³-hybridized carbons (Fsp3) is 0.750. The number of aromatic nitrogens is 3. The molecule has 0 saturated heterocycles. The second-order valence-corrected chi connectivity index (χ2v) is 4.39. The molecule has 0 amide bonds. The molecule has 18 heavy (non-hydrogen) atoms. The van der Waals surface area contributed by atoms with Crippen LogP contribution in [0.3, 0.4) is 0 Å². The highest BCUT2D eigenvalue weighted by molar-refractivity contribution is 5.88. The van der Waals surface area contributed by atoms with Gasteiger partial charge in [-0.2, -0.15) is 0 Å². The molecule has 1 saturated carbocycles. The molecule has 6 nitrogen and oxygen atoms in total. The molecule has 2 rings (SSSR count). The van der Waals surface area contributed by atoms with Crippen LogP contribution in [0.2, 0.25) is 0 Å². The molecule has 1 heterocycles. The van der Waals surface area contributed by atoms with Crippen LogP contribution in [0.5, 0.6) is 0 Å². The number of rotatable bonds is 7. The van der Waals surface area contributed by atoms with Crippen molar-refractivity contribution < 1.29 is 14.3 Å². The van der Waals surface area contributed by atoms with E-state index in [1.54, 1.807) is 14.0 Å². The smallest absolute Gasteiger partial charge is 0.360 e. The van der Waals surface area contributed by atoms with Crippen LogP contribution in [0.15, 0.2) is 0 Å². The molecule has 0 aliphatic heterocycles. The standard InChI is InChI=1S/C12H19N3O3/c1-3-18-12(16)10-11(9-5-6-9)15(14-13-10)7-4-8-17-2/h9H,3-8H2,1-2H3. The first-order chi connectivity index (χ1) is 8.77. The molecule has 1 aliphatic rings. The van der Waals surface area contributed by atoms with Crippen LogP contribution in [0.1, 0.15) is 48.3 Å². The molecule has 1 aliphatic carbocycles. The molecule has 0 atom stereocenters. The molecular formula is C12H19N3O3. The van der Waals surface area contributed by atoms with Crippen molar-refractivity contribution in [3.63, 3.8) is 0 Å². The highest BCUT2D eigenvalue weighted by Gasteiger charge is 2.34. The lowest BCUT2D eigenvalue weighted by Crippen LogP contribution is -2.11. The minimum Gasteiger partial charge on any atom is -0.461 e. The fourth-order valence-corrected chi connectivity index (χ4v) is 1.95. The number of esters is 1. The maximum atomic E-state index is 11.8. The predicted octanol–water partition coefficient (Wildman–Crippen LogP) is 1.37. The second kappa shape index (κ2) is 5.95. The Morgan fingerprint density at radius 2 is 2.28 bits per heavy atom. The molecule has 1 aromatic rings. The average Bonchev–Trinajstić information content (AvgIpc) is 3.11. The van der Waals surface area contributed by atoms with Crippen LogP contribution in [0.4, 0.5) is 0 Å². The quantitative estimate of drug-likeness (QED) is 0.542. The van der Waals surface area contributed by atoms with Crippen molar-refractivity contribution in [1.29, 1.82) is 0 Å². The first kappa shape index (κ1) is 13.0.